The third-order valence-electron chi connectivity index (χ3n) is 0.167. The number of rotatable bonds is 1. The minimum atomic E-state index is -0.700. The van der Waals surface area contributed by atoms with E-state index < -0.39 is 15.5 Å². The molecule has 0 aromatic rings. The average Bonchev–Trinajstić information content (AvgIpc) is 1.61. The van der Waals surface area contributed by atoms with Gasteiger partial charge < -0.3 is 36.3 Å². The Kier molecular flexibility index (Phi) is 28.4. The van der Waals surface area contributed by atoms with Gasteiger partial charge in [0.1, 0.15) is 0 Å². The third-order valence-corrected chi connectivity index (χ3v) is 0.167. The predicted molar refractivity (Wildman–Crippen MR) is 41.6 cm³/mol. The predicted octanol–water partition coefficient (Wildman–Crippen LogP) is -4.76. The summed E-state index contributed by atoms with van der Waals surface area (Å²) in [6.07, 6.45) is 0. The van der Waals surface area contributed by atoms with Crippen molar-refractivity contribution < 1.29 is 40.4 Å². The van der Waals surface area contributed by atoms with Crippen LogP contribution < -0.4 is 36.3 Å². The van der Waals surface area contributed by atoms with Gasteiger partial charge in [-0.05, 0) is 0 Å². The fraction of sp³-hybridized carbons (Fsp3) is 1.00. The topological polar surface area (TPSA) is 52.0 Å². The number of hydrogen-bond acceptors (Lipinski definition) is 2. The minimum absolute atomic E-state index is 0. The Morgan fingerprint density at radius 3 is 0.909 bits per heavy atom. The molecule has 0 rings (SSSR count). The zero-order chi connectivity index (χ0) is 7.91. The van der Waals surface area contributed by atoms with Gasteiger partial charge in [0.2, 0.25) is 0 Å². The van der Waals surface area contributed by atoms with Crippen molar-refractivity contribution in [1.29, 1.82) is 0 Å². The zero-order valence-corrected chi connectivity index (χ0v) is 10.7. The molecule has 0 saturated heterocycles. The van der Waals surface area contributed by atoms with Gasteiger partial charge in [-0.1, -0.05) is 0 Å². The third kappa shape index (κ3) is 200. The first-order chi connectivity index (χ1) is 3.91. The maximum absolute atomic E-state index is 4.90. The van der Waals surface area contributed by atoms with E-state index in [1.807, 2.05) is 0 Å². The van der Waals surface area contributed by atoms with Crippen LogP contribution in [0.4, 0.5) is 0 Å². The summed E-state index contributed by atoms with van der Waals surface area (Å²) in [5, 5.41) is 9.35. The summed E-state index contributed by atoms with van der Waals surface area (Å²) < 4.78 is 0. The molecule has 0 amide bonds. The maximum Gasteiger partial charge on any atom is -1.00 e. The van der Waals surface area contributed by atoms with E-state index in [4.69, 9.17) is 11.5 Å². The molecule has 0 bridgehead atoms. The molecule has 0 atom stereocenters. The second-order valence-corrected chi connectivity index (χ2v) is 11.8. The second-order valence-electron chi connectivity index (χ2n) is 2.47. The minimum Gasteiger partial charge on any atom is -1.00 e. The first kappa shape index (κ1) is 22.7. The summed E-state index contributed by atoms with van der Waals surface area (Å²) in [5.74, 6) is 0. The van der Waals surface area contributed by atoms with E-state index in [1.165, 1.54) is 0 Å². The van der Waals surface area contributed by atoms with Crippen molar-refractivity contribution in [2.24, 2.45) is 11.5 Å². The van der Waals surface area contributed by atoms with Crippen LogP contribution in [0.5, 0.6) is 0 Å². The first-order valence-corrected chi connectivity index (χ1v) is 8.80. The van der Waals surface area contributed by atoms with Gasteiger partial charge in [-0.3, -0.25) is 0 Å². The van der Waals surface area contributed by atoms with Gasteiger partial charge in [0.25, 0.3) is 0 Å². The SMILES string of the molecule is NCCN.[CH3][Pd+2]([CH3])([CH3])[CH3].[Cl-].[Cl-]. The Morgan fingerprint density at radius 1 is 0.818 bits per heavy atom. The van der Waals surface area contributed by atoms with Gasteiger partial charge in [0.15, 0.2) is 0 Å². The molecule has 78 valence electrons. The molecule has 0 aromatic heterocycles. The standard InChI is InChI=1S/C2H8N2.4CH3.2ClH.Pd/c3-1-2-4;;;;;;;/h1-4H2;4*1H3;2*1H;/q;;;;;;;+2/p-2. The quantitative estimate of drug-likeness (QED) is 0.478. The molecule has 0 radical (unpaired) electrons. The second kappa shape index (κ2) is 13.7. The Balaban J connectivity index is -0.0000000383. The largest absolute Gasteiger partial charge is 1.00 e. The fourth-order valence-corrected chi connectivity index (χ4v) is 0. The molecule has 0 aliphatic heterocycles. The van der Waals surface area contributed by atoms with Crippen molar-refractivity contribution in [2.45, 2.75) is 21.6 Å². The van der Waals surface area contributed by atoms with Crippen molar-refractivity contribution in [1.82, 2.24) is 0 Å². The Hall–Kier alpha value is 1.16. The van der Waals surface area contributed by atoms with Gasteiger partial charge >= 0.3 is 37.1 Å². The van der Waals surface area contributed by atoms with E-state index in [-0.39, 0.29) is 24.8 Å². The molecule has 0 heterocycles. The van der Waals surface area contributed by atoms with Gasteiger partial charge in [-0.15, -0.1) is 0 Å². The van der Waals surface area contributed by atoms with Gasteiger partial charge in [0, 0.05) is 13.1 Å². The van der Waals surface area contributed by atoms with Crippen molar-refractivity contribution in [2.75, 3.05) is 13.1 Å². The summed E-state index contributed by atoms with van der Waals surface area (Å²) in [5.41, 5.74) is 9.81. The molecule has 0 fully saturated rings. The van der Waals surface area contributed by atoms with Crippen molar-refractivity contribution in [3.05, 3.63) is 0 Å². The van der Waals surface area contributed by atoms with Crippen LogP contribution in [0.1, 0.15) is 0 Å². The molecule has 4 N–H and O–H groups in total. The van der Waals surface area contributed by atoms with Crippen LogP contribution in [0.25, 0.3) is 0 Å². The Labute approximate surface area is 86.3 Å². The number of nitrogens with two attached hydrogens (primary N) is 2. The van der Waals surface area contributed by atoms with E-state index in [0.717, 1.165) is 0 Å². The van der Waals surface area contributed by atoms with Crippen LogP contribution >= 0.6 is 0 Å². The van der Waals surface area contributed by atoms with Gasteiger partial charge in [0.05, 0.1) is 0 Å². The summed E-state index contributed by atoms with van der Waals surface area (Å²) in [6.45, 7) is 1.19. The maximum atomic E-state index is 4.90. The Morgan fingerprint density at radius 2 is 0.909 bits per heavy atom. The van der Waals surface area contributed by atoms with Crippen molar-refractivity contribution >= 4 is 0 Å². The zero-order valence-electron chi connectivity index (χ0n) is 7.64. The summed E-state index contributed by atoms with van der Waals surface area (Å²) in [7, 11) is 0. The molecule has 2 nitrogen and oxygen atoms in total. The summed E-state index contributed by atoms with van der Waals surface area (Å²) in [6, 6.07) is 0. The summed E-state index contributed by atoms with van der Waals surface area (Å²) >= 11 is -0.700. The summed E-state index contributed by atoms with van der Waals surface area (Å²) in [4.78, 5) is 0. The molecule has 0 spiro atoms. The molecule has 0 aliphatic carbocycles. The van der Waals surface area contributed by atoms with Crippen molar-refractivity contribution in [3.8, 4) is 0 Å². The van der Waals surface area contributed by atoms with E-state index >= 15 is 0 Å². The monoisotopic (exact) mass is 296 g/mol. The molecule has 0 aliphatic rings. The Bertz CT molecular complexity index is 49.0. The molecular formula is C6H20Cl2N2Pd. The van der Waals surface area contributed by atoms with Crippen LogP contribution in [0.15, 0.2) is 0 Å². The van der Waals surface area contributed by atoms with Crippen molar-refractivity contribution in [3.63, 3.8) is 0 Å². The van der Waals surface area contributed by atoms with Crippen LogP contribution in [-0.4, -0.2) is 13.1 Å². The van der Waals surface area contributed by atoms with E-state index in [2.05, 4.69) is 21.6 Å². The van der Waals surface area contributed by atoms with Crippen LogP contribution in [0, 0.1) is 0 Å². The fourth-order valence-electron chi connectivity index (χ4n) is 0. The molecule has 0 unspecified atom stereocenters. The molecular weight excluding hydrogens is 277 g/mol. The average molecular weight is 298 g/mol. The first-order valence-electron chi connectivity index (χ1n) is 2.58. The van der Waals surface area contributed by atoms with E-state index in [9.17, 15) is 0 Å². The number of halogens is 2. The van der Waals surface area contributed by atoms with Gasteiger partial charge in [-0.25, -0.2) is 0 Å². The van der Waals surface area contributed by atoms with E-state index in [1.54, 1.807) is 0 Å². The smallest absolute Gasteiger partial charge is 1.00 e. The van der Waals surface area contributed by atoms with Crippen LogP contribution in [0.2, 0.25) is 21.6 Å². The molecule has 0 aromatic carbocycles. The molecule has 0 saturated carbocycles. The molecule has 5 heteroatoms. The van der Waals surface area contributed by atoms with Crippen LogP contribution in [-0.2, 0) is 15.5 Å². The van der Waals surface area contributed by atoms with Gasteiger partial charge in [-0.2, -0.15) is 0 Å². The molecule has 11 heavy (non-hydrogen) atoms. The number of hydrogen-bond donors (Lipinski definition) is 2. The van der Waals surface area contributed by atoms with Crippen LogP contribution in [0.3, 0.4) is 0 Å². The normalized spacial score (nSPS) is 9.64. The van der Waals surface area contributed by atoms with E-state index in [0.29, 0.717) is 13.1 Å².